The number of likely N-dealkylation sites (tertiary alicyclic amines) is 1. The lowest BCUT2D eigenvalue weighted by atomic mass is 9.99. The van der Waals surface area contributed by atoms with Gasteiger partial charge in [-0.05, 0) is 46.1 Å². The van der Waals surface area contributed by atoms with Gasteiger partial charge in [-0.15, -0.1) is 0 Å². The molecule has 1 atom stereocenters. The molecule has 1 fully saturated rings. The second kappa shape index (κ2) is 10.2. The number of guanidine groups is 1. The van der Waals surface area contributed by atoms with Crippen molar-refractivity contribution in [3.8, 4) is 0 Å². The van der Waals surface area contributed by atoms with E-state index < -0.39 is 5.60 Å². The number of hydrogen-bond donors (Lipinski definition) is 2. The number of amides is 1. The fourth-order valence-corrected chi connectivity index (χ4v) is 3.14. The summed E-state index contributed by atoms with van der Waals surface area (Å²) in [5.74, 6) is 1.53. The van der Waals surface area contributed by atoms with Gasteiger partial charge in [0.2, 0.25) is 0 Å². The average molecular weight is 375 g/mol. The molecular formula is C21H34N4O2. The maximum absolute atomic E-state index is 11.6. The fourth-order valence-electron chi connectivity index (χ4n) is 3.14. The molecule has 0 aromatic heterocycles. The Hall–Kier alpha value is -2.24. The SMILES string of the molecule is CCNC(=NCCCNC(=O)OC(C)(C)C)N1CCC(c2ccccc2)C1. The Balaban J connectivity index is 1.78. The molecule has 1 aliphatic heterocycles. The summed E-state index contributed by atoms with van der Waals surface area (Å²) in [4.78, 5) is 18.7. The van der Waals surface area contributed by atoms with E-state index in [1.165, 1.54) is 5.56 Å². The molecule has 150 valence electrons. The highest BCUT2D eigenvalue weighted by Crippen LogP contribution is 2.26. The van der Waals surface area contributed by atoms with Crippen LogP contribution in [-0.2, 0) is 4.74 Å². The number of nitrogens with zero attached hydrogens (tertiary/aromatic N) is 2. The highest BCUT2D eigenvalue weighted by atomic mass is 16.6. The number of ether oxygens (including phenoxy) is 1. The van der Waals surface area contributed by atoms with Crippen molar-refractivity contribution in [2.45, 2.75) is 52.1 Å². The molecule has 6 heteroatoms. The van der Waals surface area contributed by atoms with Crippen molar-refractivity contribution in [2.24, 2.45) is 4.99 Å². The first kappa shape index (κ1) is 21.1. The number of benzene rings is 1. The third-order valence-corrected chi connectivity index (χ3v) is 4.36. The Bertz CT molecular complexity index is 610. The molecule has 1 heterocycles. The third-order valence-electron chi connectivity index (χ3n) is 4.36. The Morgan fingerprint density at radius 1 is 1.26 bits per heavy atom. The molecule has 2 rings (SSSR count). The number of carbonyl (C=O) groups excluding carboxylic acids is 1. The minimum Gasteiger partial charge on any atom is -0.444 e. The zero-order chi connectivity index (χ0) is 19.7. The summed E-state index contributed by atoms with van der Waals surface area (Å²) in [6.07, 6.45) is 1.56. The smallest absolute Gasteiger partial charge is 0.407 e. The van der Waals surface area contributed by atoms with Crippen molar-refractivity contribution in [3.05, 3.63) is 35.9 Å². The number of alkyl carbamates (subject to hydrolysis) is 1. The second-order valence-corrected chi connectivity index (χ2v) is 7.86. The molecule has 2 N–H and O–H groups in total. The zero-order valence-electron chi connectivity index (χ0n) is 17.1. The van der Waals surface area contributed by atoms with Crippen LogP contribution in [0, 0.1) is 0 Å². The maximum atomic E-state index is 11.6. The van der Waals surface area contributed by atoms with Gasteiger partial charge in [-0.1, -0.05) is 30.3 Å². The van der Waals surface area contributed by atoms with Crippen LogP contribution in [0.2, 0.25) is 0 Å². The average Bonchev–Trinajstić information content (AvgIpc) is 3.10. The molecule has 0 spiro atoms. The first-order valence-electron chi connectivity index (χ1n) is 9.94. The van der Waals surface area contributed by atoms with E-state index in [4.69, 9.17) is 9.73 Å². The topological polar surface area (TPSA) is 66.0 Å². The summed E-state index contributed by atoms with van der Waals surface area (Å²) in [6, 6.07) is 10.7. The molecule has 0 bridgehead atoms. The van der Waals surface area contributed by atoms with Gasteiger partial charge in [-0.2, -0.15) is 0 Å². The highest BCUT2D eigenvalue weighted by Gasteiger charge is 2.25. The van der Waals surface area contributed by atoms with Crippen molar-refractivity contribution in [1.29, 1.82) is 0 Å². The van der Waals surface area contributed by atoms with Crippen LogP contribution in [0.4, 0.5) is 4.79 Å². The molecule has 0 radical (unpaired) electrons. The van der Waals surface area contributed by atoms with E-state index >= 15 is 0 Å². The van der Waals surface area contributed by atoms with E-state index in [2.05, 4.69) is 52.8 Å². The van der Waals surface area contributed by atoms with Crippen LogP contribution in [0.3, 0.4) is 0 Å². The molecule has 1 aromatic carbocycles. The minimum absolute atomic E-state index is 0.372. The van der Waals surface area contributed by atoms with Gasteiger partial charge >= 0.3 is 6.09 Å². The van der Waals surface area contributed by atoms with Gasteiger partial charge in [0.1, 0.15) is 5.60 Å². The molecule has 0 aliphatic carbocycles. The van der Waals surface area contributed by atoms with Crippen LogP contribution < -0.4 is 10.6 Å². The van der Waals surface area contributed by atoms with Crippen LogP contribution in [0.1, 0.15) is 52.0 Å². The lowest BCUT2D eigenvalue weighted by Gasteiger charge is -2.22. The number of carbonyl (C=O) groups is 1. The monoisotopic (exact) mass is 374 g/mol. The van der Waals surface area contributed by atoms with Gasteiger partial charge in [0, 0.05) is 38.6 Å². The summed E-state index contributed by atoms with van der Waals surface area (Å²) in [6.45, 7) is 11.8. The van der Waals surface area contributed by atoms with Gasteiger partial charge in [0.25, 0.3) is 0 Å². The molecule has 1 saturated heterocycles. The second-order valence-electron chi connectivity index (χ2n) is 7.86. The number of aliphatic imine (C=N–C) groups is 1. The lowest BCUT2D eigenvalue weighted by molar-refractivity contribution is 0.0527. The van der Waals surface area contributed by atoms with Gasteiger partial charge in [0.15, 0.2) is 5.96 Å². The Kier molecular flexibility index (Phi) is 7.95. The molecule has 1 amide bonds. The van der Waals surface area contributed by atoms with Crippen LogP contribution in [0.5, 0.6) is 0 Å². The quantitative estimate of drug-likeness (QED) is 0.455. The third kappa shape index (κ3) is 7.49. The predicted octanol–water partition coefficient (Wildman–Crippen LogP) is 3.36. The van der Waals surface area contributed by atoms with E-state index in [1.807, 2.05) is 20.8 Å². The molecule has 1 aromatic rings. The van der Waals surface area contributed by atoms with Gasteiger partial charge < -0.3 is 20.3 Å². The van der Waals surface area contributed by atoms with Crippen LogP contribution >= 0.6 is 0 Å². The number of rotatable bonds is 6. The number of hydrogen-bond acceptors (Lipinski definition) is 3. The van der Waals surface area contributed by atoms with Crippen LogP contribution in [0.15, 0.2) is 35.3 Å². The minimum atomic E-state index is -0.467. The normalized spacial score (nSPS) is 17.7. The van der Waals surface area contributed by atoms with E-state index in [0.717, 1.165) is 38.4 Å². The first-order valence-corrected chi connectivity index (χ1v) is 9.94. The fraction of sp³-hybridized carbons (Fsp3) is 0.619. The first-order chi connectivity index (χ1) is 12.9. The van der Waals surface area contributed by atoms with Crippen LogP contribution in [0.25, 0.3) is 0 Å². The van der Waals surface area contributed by atoms with Gasteiger partial charge in [0.05, 0.1) is 0 Å². The molecule has 6 nitrogen and oxygen atoms in total. The zero-order valence-corrected chi connectivity index (χ0v) is 17.1. The highest BCUT2D eigenvalue weighted by molar-refractivity contribution is 5.80. The molecule has 1 unspecified atom stereocenters. The molecule has 0 saturated carbocycles. The van der Waals surface area contributed by atoms with Crippen molar-refractivity contribution < 1.29 is 9.53 Å². The van der Waals surface area contributed by atoms with E-state index in [0.29, 0.717) is 19.0 Å². The van der Waals surface area contributed by atoms with E-state index in [1.54, 1.807) is 0 Å². The Labute approximate surface area is 163 Å². The summed E-state index contributed by atoms with van der Waals surface area (Å²) >= 11 is 0. The summed E-state index contributed by atoms with van der Waals surface area (Å²) in [5.41, 5.74) is 0.934. The number of nitrogens with one attached hydrogen (secondary N) is 2. The molecule has 27 heavy (non-hydrogen) atoms. The van der Waals surface area contributed by atoms with E-state index in [-0.39, 0.29) is 6.09 Å². The largest absolute Gasteiger partial charge is 0.444 e. The predicted molar refractivity (Wildman–Crippen MR) is 110 cm³/mol. The molecular weight excluding hydrogens is 340 g/mol. The molecule has 1 aliphatic rings. The van der Waals surface area contributed by atoms with Gasteiger partial charge in [-0.25, -0.2) is 4.79 Å². The Morgan fingerprint density at radius 3 is 2.67 bits per heavy atom. The standard InChI is InChI=1S/C21H34N4O2/c1-5-22-19(23-13-9-14-24-20(26)27-21(2,3)4)25-15-12-18(16-25)17-10-7-6-8-11-17/h6-8,10-11,18H,5,9,12-16H2,1-4H3,(H,22,23)(H,24,26). The summed E-state index contributed by atoms with van der Waals surface area (Å²) in [7, 11) is 0. The van der Waals surface area contributed by atoms with Crippen molar-refractivity contribution in [2.75, 3.05) is 32.7 Å². The van der Waals surface area contributed by atoms with Gasteiger partial charge in [-0.3, -0.25) is 4.99 Å². The van der Waals surface area contributed by atoms with Crippen LogP contribution in [-0.4, -0.2) is 55.3 Å². The van der Waals surface area contributed by atoms with Crippen molar-refractivity contribution in [3.63, 3.8) is 0 Å². The van der Waals surface area contributed by atoms with Crippen molar-refractivity contribution >= 4 is 12.1 Å². The Morgan fingerprint density at radius 2 is 2.00 bits per heavy atom. The summed E-state index contributed by atoms with van der Waals surface area (Å²) in [5, 5.41) is 6.17. The summed E-state index contributed by atoms with van der Waals surface area (Å²) < 4.78 is 5.23. The maximum Gasteiger partial charge on any atom is 0.407 e. The van der Waals surface area contributed by atoms with E-state index in [9.17, 15) is 4.79 Å². The van der Waals surface area contributed by atoms with Crippen molar-refractivity contribution in [1.82, 2.24) is 15.5 Å². The lowest BCUT2D eigenvalue weighted by Crippen LogP contribution is -2.40.